The molecule has 3 nitrogen and oxygen atoms in total. The first kappa shape index (κ1) is 19.3. The molecule has 18 heavy (non-hydrogen) atoms. The van der Waals surface area contributed by atoms with Crippen LogP contribution in [0.4, 0.5) is 0 Å². The SMILES string of the molecule is C=Cc1cc(C(=O)[O-])c(O)c(C)c1C=C.CC.[Na+]. The number of aromatic carboxylic acids is 1. The number of carbonyl (C=O) groups is 1. The third kappa shape index (κ3) is 4.02. The van der Waals surface area contributed by atoms with E-state index in [4.69, 9.17) is 0 Å². The van der Waals surface area contributed by atoms with E-state index < -0.39 is 5.97 Å². The molecule has 0 aliphatic rings. The van der Waals surface area contributed by atoms with Gasteiger partial charge in [0.1, 0.15) is 5.75 Å². The summed E-state index contributed by atoms with van der Waals surface area (Å²) in [5, 5.41) is 20.3. The summed E-state index contributed by atoms with van der Waals surface area (Å²) in [6.45, 7) is 12.8. The van der Waals surface area contributed by atoms with Crippen LogP contribution in [-0.2, 0) is 0 Å². The number of hydrogen-bond acceptors (Lipinski definition) is 3. The number of carboxylic acids is 1. The van der Waals surface area contributed by atoms with Crippen molar-refractivity contribution in [2.24, 2.45) is 0 Å². The quantitative estimate of drug-likeness (QED) is 0.733. The summed E-state index contributed by atoms with van der Waals surface area (Å²) in [5.41, 5.74) is 1.52. The van der Waals surface area contributed by atoms with Gasteiger partial charge < -0.3 is 15.0 Å². The summed E-state index contributed by atoms with van der Waals surface area (Å²) in [6.07, 6.45) is 3.06. The van der Waals surface area contributed by atoms with Crippen LogP contribution in [0.5, 0.6) is 5.75 Å². The van der Waals surface area contributed by atoms with Gasteiger partial charge in [0.15, 0.2) is 0 Å². The topological polar surface area (TPSA) is 60.4 Å². The van der Waals surface area contributed by atoms with Gasteiger partial charge in [-0.05, 0) is 29.7 Å². The first-order valence-electron chi connectivity index (χ1n) is 5.35. The number of rotatable bonds is 3. The summed E-state index contributed by atoms with van der Waals surface area (Å²) in [7, 11) is 0. The first-order chi connectivity index (χ1) is 8.02. The van der Waals surface area contributed by atoms with Crippen molar-refractivity contribution in [3.8, 4) is 5.75 Å². The van der Waals surface area contributed by atoms with Crippen LogP contribution in [0.3, 0.4) is 0 Å². The van der Waals surface area contributed by atoms with Gasteiger partial charge in [0.2, 0.25) is 0 Å². The zero-order chi connectivity index (χ0) is 13.6. The van der Waals surface area contributed by atoms with E-state index in [2.05, 4.69) is 13.2 Å². The van der Waals surface area contributed by atoms with E-state index in [-0.39, 0.29) is 40.9 Å². The largest absolute Gasteiger partial charge is 1.00 e. The maximum atomic E-state index is 10.7. The van der Waals surface area contributed by atoms with Gasteiger partial charge in [-0.25, -0.2) is 0 Å². The van der Waals surface area contributed by atoms with E-state index in [1.54, 1.807) is 13.0 Å². The van der Waals surface area contributed by atoms with Gasteiger partial charge in [-0.2, -0.15) is 0 Å². The summed E-state index contributed by atoms with van der Waals surface area (Å²) < 4.78 is 0. The van der Waals surface area contributed by atoms with Crippen molar-refractivity contribution in [2.75, 3.05) is 0 Å². The van der Waals surface area contributed by atoms with Gasteiger partial charge in [-0.1, -0.05) is 39.2 Å². The van der Waals surface area contributed by atoms with Crippen LogP contribution < -0.4 is 34.7 Å². The summed E-state index contributed by atoms with van der Waals surface area (Å²) in [5.74, 6) is -1.69. The molecule has 92 valence electrons. The standard InChI is InChI=1S/C12H12O3.C2H6.Na/c1-4-8-6-10(12(14)15)11(13)7(3)9(8)5-2;1-2;/h4-6,13H,1-2H2,3H3,(H,14,15);1-2H3;/q;;+1/p-1. The average Bonchev–Trinajstić information content (AvgIpc) is 2.34. The molecule has 0 spiro atoms. The molecule has 0 saturated carbocycles. The second-order valence-corrected chi connectivity index (χ2v) is 3.10. The van der Waals surface area contributed by atoms with Crippen molar-refractivity contribution >= 4 is 18.1 Å². The van der Waals surface area contributed by atoms with Gasteiger partial charge in [0.05, 0.1) is 5.97 Å². The number of carbonyl (C=O) groups excluding carboxylic acids is 1. The molecular formula is C14H17NaO3. The van der Waals surface area contributed by atoms with Gasteiger partial charge >= 0.3 is 29.6 Å². The van der Waals surface area contributed by atoms with Crippen LogP contribution in [0.25, 0.3) is 12.2 Å². The van der Waals surface area contributed by atoms with Crippen molar-refractivity contribution in [1.82, 2.24) is 0 Å². The van der Waals surface area contributed by atoms with E-state index >= 15 is 0 Å². The molecule has 0 aliphatic carbocycles. The molecule has 0 atom stereocenters. The number of benzene rings is 1. The smallest absolute Gasteiger partial charge is 0.545 e. The van der Waals surface area contributed by atoms with Crippen LogP contribution in [0.2, 0.25) is 0 Å². The molecule has 0 unspecified atom stereocenters. The van der Waals surface area contributed by atoms with Crippen molar-refractivity contribution in [3.63, 3.8) is 0 Å². The van der Waals surface area contributed by atoms with E-state index in [1.165, 1.54) is 12.1 Å². The van der Waals surface area contributed by atoms with E-state index in [0.717, 1.165) is 0 Å². The van der Waals surface area contributed by atoms with E-state index in [0.29, 0.717) is 16.7 Å². The summed E-state index contributed by atoms with van der Waals surface area (Å²) >= 11 is 0. The zero-order valence-electron chi connectivity index (χ0n) is 11.4. The van der Waals surface area contributed by atoms with E-state index in [1.807, 2.05) is 13.8 Å². The molecule has 4 heteroatoms. The Kier molecular flexibility index (Phi) is 9.63. The molecule has 1 N–H and O–H groups in total. The van der Waals surface area contributed by atoms with Crippen molar-refractivity contribution < 1.29 is 44.6 Å². The predicted octanol–water partition coefficient (Wildman–Crippen LogP) is -0.620. The molecule has 1 aromatic carbocycles. The molecule has 0 bridgehead atoms. The number of carboxylic acid groups (broad SMARTS) is 1. The Balaban J connectivity index is 0. The predicted molar refractivity (Wildman–Crippen MR) is 68.7 cm³/mol. The summed E-state index contributed by atoms with van der Waals surface area (Å²) in [6, 6.07) is 1.32. The van der Waals surface area contributed by atoms with Gasteiger partial charge in [0, 0.05) is 5.56 Å². The Bertz CT molecular complexity index is 451. The Morgan fingerprint density at radius 3 is 2.17 bits per heavy atom. The van der Waals surface area contributed by atoms with Gasteiger partial charge in [-0.15, -0.1) is 0 Å². The first-order valence-corrected chi connectivity index (χ1v) is 5.35. The van der Waals surface area contributed by atoms with E-state index in [9.17, 15) is 15.0 Å². The van der Waals surface area contributed by atoms with Crippen molar-refractivity contribution in [1.29, 1.82) is 0 Å². The van der Waals surface area contributed by atoms with Crippen LogP contribution in [-0.4, -0.2) is 11.1 Å². The third-order valence-corrected chi connectivity index (χ3v) is 2.27. The molecule has 0 amide bonds. The maximum Gasteiger partial charge on any atom is 1.00 e. The van der Waals surface area contributed by atoms with Crippen molar-refractivity contribution in [3.05, 3.63) is 41.5 Å². The fourth-order valence-corrected chi connectivity index (χ4v) is 1.44. The van der Waals surface area contributed by atoms with Crippen LogP contribution in [0.1, 0.15) is 40.9 Å². The van der Waals surface area contributed by atoms with Crippen LogP contribution >= 0.6 is 0 Å². The molecule has 0 saturated heterocycles. The summed E-state index contributed by atoms with van der Waals surface area (Å²) in [4.78, 5) is 10.7. The Labute approximate surface area is 130 Å². The fraction of sp³-hybridized carbons (Fsp3) is 0.214. The number of phenols is 1. The molecular weight excluding hydrogens is 239 g/mol. The normalized spacial score (nSPS) is 8.39. The van der Waals surface area contributed by atoms with Gasteiger partial charge in [0.25, 0.3) is 0 Å². The molecule has 0 aromatic heterocycles. The minimum atomic E-state index is -1.41. The molecule has 0 radical (unpaired) electrons. The van der Waals surface area contributed by atoms with Crippen LogP contribution in [0.15, 0.2) is 19.2 Å². The fourth-order valence-electron chi connectivity index (χ4n) is 1.44. The minimum Gasteiger partial charge on any atom is -0.545 e. The number of hydrogen-bond donors (Lipinski definition) is 1. The Morgan fingerprint density at radius 2 is 1.83 bits per heavy atom. The zero-order valence-corrected chi connectivity index (χ0v) is 13.4. The van der Waals surface area contributed by atoms with Crippen molar-refractivity contribution in [2.45, 2.75) is 20.8 Å². The molecule has 1 rings (SSSR count). The Morgan fingerprint density at radius 1 is 1.33 bits per heavy atom. The monoisotopic (exact) mass is 256 g/mol. The second-order valence-electron chi connectivity index (χ2n) is 3.10. The molecule has 0 fully saturated rings. The van der Waals surface area contributed by atoms with Gasteiger partial charge in [-0.3, -0.25) is 0 Å². The maximum absolute atomic E-state index is 10.7. The minimum absolute atomic E-state index is 0. The molecule has 1 aromatic rings. The third-order valence-electron chi connectivity index (χ3n) is 2.27. The van der Waals surface area contributed by atoms with Crippen LogP contribution in [0, 0.1) is 6.92 Å². The number of aromatic hydroxyl groups is 1. The molecule has 0 heterocycles. The molecule has 0 aliphatic heterocycles. The second kappa shape index (κ2) is 8.97. The Hall–Kier alpha value is -1.03. The average molecular weight is 256 g/mol.